The van der Waals surface area contributed by atoms with Crippen molar-refractivity contribution in [2.45, 2.75) is 13.0 Å². The molecule has 106 valence electrons. The largest absolute Gasteiger partial charge is 0.494 e. The molecule has 0 spiro atoms. The second kappa shape index (κ2) is 7.11. The van der Waals surface area contributed by atoms with Gasteiger partial charge in [0.2, 0.25) is 0 Å². The molecule has 1 unspecified atom stereocenters. The Kier molecular flexibility index (Phi) is 5.46. The van der Waals surface area contributed by atoms with Gasteiger partial charge in [-0.1, -0.05) is 45.7 Å². The molecule has 0 aliphatic heterocycles. The summed E-state index contributed by atoms with van der Waals surface area (Å²) >= 11 is 9.57. The lowest BCUT2D eigenvalue weighted by atomic mass is 9.99. The van der Waals surface area contributed by atoms with Gasteiger partial charge in [-0.2, -0.15) is 0 Å². The van der Waals surface area contributed by atoms with Crippen molar-refractivity contribution in [1.82, 2.24) is 5.32 Å². The van der Waals surface area contributed by atoms with Gasteiger partial charge in [-0.3, -0.25) is 0 Å². The van der Waals surface area contributed by atoms with Gasteiger partial charge in [0.25, 0.3) is 0 Å². The molecule has 0 aliphatic rings. The second-order valence-electron chi connectivity index (χ2n) is 4.39. The molecule has 0 amide bonds. The van der Waals surface area contributed by atoms with Gasteiger partial charge in [0.05, 0.1) is 12.6 Å². The molecule has 0 aromatic heterocycles. The molecular formula is C16H17BrClNO. The maximum absolute atomic E-state index is 5.95. The van der Waals surface area contributed by atoms with Crippen LogP contribution >= 0.6 is 27.5 Å². The van der Waals surface area contributed by atoms with Crippen LogP contribution in [0.5, 0.6) is 5.75 Å². The highest BCUT2D eigenvalue weighted by Gasteiger charge is 2.15. The Morgan fingerprint density at radius 3 is 2.45 bits per heavy atom. The minimum absolute atomic E-state index is 0.109. The molecular weight excluding hydrogens is 338 g/mol. The number of rotatable bonds is 5. The van der Waals surface area contributed by atoms with Crippen molar-refractivity contribution in [2.75, 3.05) is 13.7 Å². The van der Waals surface area contributed by atoms with E-state index < -0.39 is 0 Å². The van der Waals surface area contributed by atoms with Crippen molar-refractivity contribution in [1.29, 1.82) is 0 Å². The molecule has 2 aromatic rings. The van der Waals surface area contributed by atoms with E-state index in [0.29, 0.717) is 6.61 Å². The van der Waals surface area contributed by atoms with Gasteiger partial charge < -0.3 is 10.1 Å². The molecule has 2 nitrogen and oxygen atoms in total. The Hall–Kier alpha value is -1.03. The summed E-state index contributed by atoms with van der Waals surface area (Å²) in [4.78, 5) is 0. The molecule has 4 heteroatoms. The first-order chi connectivity index (χ1) is 9.65. The monoisotopic (exact) mass is 353 g/mol. The van der Waals surface area contributed by atoms with Crippen LogP contribution in [0.4, 0.5) is 0 Å². The van der Waals surface area contributed by atoms with Crippen LogP contribution in [-0.2, 0) is 0 Å². The SMILES string of the molecule is CCOc1ccc(C(NC)c2ccc(Cl)cc2)c(Br)c1. The Bertz CT molecular complexity index is 571. The highest BCUT2D eigenvalue weighted by atomic mass is 79.9. The molecule has 0 saturated heterocycles. The van der Waals surface area contributed by atoms with E-state index in [2.05, 4.69) is 27.3 Å². The van der Waals surface area contributed by atoms with Crippen LogP contribution in [0.3, 0.4) is 0 Å². The zero-order valence-electron chi connectivity index (χ0n) is 11.5. The van der Waals surface area contributed by atoms with Crippen molar-refractivity contribution in [3.05, 3.63) is 63.1 Å². The Morgan fingerprint density at radius 2 is 1.90 bits per heavy atom. The molecule has 0 aliphatic carbocycles. The van der Waals surface area contributed by atoms with E-state index in [9.17, 15) is 0 Å². The average Bonchev–Trinajstić information content (AvgIpc) is 2.44. The Morgan fingerprint density at radius 1 is 1.20 bits per heavy atom. The summed E-state index contributed by atoms with van der Waals surface area (Å²) in [7, 11) is 1.95. The predicted molar refractivity (Wildman–Crippen MR) is 87.7 cm³/mol. The number of hydrogen-bond acceptors (Lipinski definition) is 2. The van der Waals surface area contributed by atoms with Crippen molar-refractivity contribution in [3.8, 4) is 5.75 Å². The molecule has 2 rings (SSSR count). The normalized spacial score (nSPS) is 12.2. The second-order valence-corrected chi connectivity index (χ2v) is 5.68. The summed E-state index contributed by atoms with van der Waals surface area (Å²) in [5.41, 5.74) is 2.33. The lowest BCUT2D eigenvalue weighted by molar-refractivity contribution is 0.340. The fraction of sp³-hybridized carbons (Fsp3) is 0.250. The van der Waals surface area contributed by atoms with E-state index in [1.165, 1.54) is 11.1 Å². The molecule has 2 aromatic carbocycles. The van der Waals surface area contributed by atoms with Gasteiger partial charge >= 0.3 is 0 Å². The van der Waals surface area contributed by atoms with Gasteiger partial charge in [0.1, 0.15) is 5.75 Å². The zero-order valence-corrected chi connectivity index (χ0v) is 13.8. The lowest BCUT2D eigenvalue weighted by Gasteiger charge is -2.19. The average molecular weight is 355 g/mol. The van der Waals surface area contributed by atoms with Crippen molar-refractivity contribution in [2.24, 2.45) is 0 Å². The van der Waals surface area contributed by atoms with Crippen LogP contribution in [0.1, 0.15) is 24.1 Å². The summed E-state index contributed by atoms with van der Waals surface area (Å²) in [5, 5.41) is 4.08. The van der Waals surface area contributed by atoms with Crippen LogP contribution < -0.4 is 10.1 Å². The summed E-state index contributed by atoms with van der Waals surface area (Å²) in [6.45, 7) is 2.64. The number of ether oxygens (including phenoxy) is 1. The van der Waals surface area contributed by atoms with Gasteiger partial charge in [-0.05, 0) is 49.4 Å². The molecule has 0 bridgehead atoms. The third-order valence-corrected chi connectivity index (χ3v) is 4.02. The maximum atomic E-state index is 5.95. The minimum Gasteiger partial charge on any atom is -0.494 e. The van der Waals surface area contributed by atoms with E-state index in [1.54, 1.807) is 0 Å². The summed E-state index contributed by atoms with van der Waals surface area (Å²) in [5.74, 6) is 0.870. The lowest BCUT2D eigenvalue weighted by Crippen LogP contribution is -2.18. The molecule has 0 heterocycles. The van der Waals surface area contributed by atoms with Gasteiger partial charge in [0, 0.05) is 9.50 Å². The third kappa shape index (κ3) is 3.54. The standard InChI is InChI=1S/C16H17BrClNO/c1-3-20-13-8-9-14(15(17)10-13)16(19-2)11-4-6-12(18)7-5-11/h4-10,16,19H,3H2,1-2H3. The van der Waals surface area contributed by atoms with E-state index in [-0.39, 0.29) is 6.04 Å². The van der Waals surface area contributed by atoms with E-state index in [0.717, 1.165) is 15.2 Å². The first-order valence-electron chi connectivity index (χ1n) is 6.50. The topological polar surface area (TPSA) is 21.3 Å². The fourth-order valence-corrected chi connectivity index (χ4v) is 2.87. The molecule has 20 heavy (non-hydrogen) atoms. The fourth-order valence-electron chi connectivity index (χ4n) is 2.16. The number of hydrogen-bond donors (Lipinski definition) is 1. The quantitative estimate of drug-likeness (QED) is 0.832. The molecule has 0 fully saturated rings. The van der Waals surface area contributed by atoms with E-state index in [1.807, 2.05) is 50.4 Å². The first kappa shape index (κ1) is 15.4. The van der Waals surface area contributed by atoms with Crippen molar-refractivity contribution < 1.29 is 4.74 Å². The summed E-state index contributed by atoms with van der Waals surface area (Å²) in [6, 6.07) is 14.1. The van der Waals surface area contributed by atoms with Crippen LogP contribution in [0.25, 0.3) is 0 Å². The highest BCUT2D eigenvalue weighted by Crippen LogP contribution is 2.31. The third-order valence-electron chi connectivity index (χ3n) is 3.09. The van der Waals surface area contributed by atoms with E-state index >= 15 is 0 Å². The van der Waals surface area contributed by atoms with Crippen LogP contribution in [0.15, 0.2) is 46.9 Å². The maximum Gasteiger partial charge on any atom is 0.120 e. The minimum atomic E-state index is 0.109. The highest BCUT2D eigenvalue weighted by molar-refractivity contribution is 9.10. The molecule has 0 radical (unpaired) electrons. The Labute approximate surface area is 133 Å². The first-order valence-corrected chi connectivity index (χ1v) is 7.67. The van der Waals surface area contributed by atoms with Crippen LogP contribution in [-0.4, -0.2) is 13.7 Å². The van der Waals surface area contributed by atoms with E-state index in [4.69, 9.17) is 16.3 Å². The summed E-state index contributed by atoms with van der Waals surface area (Å²) in [6.07, 6.45) is 0. The van der Waals surface area contributed by atoms with Crippen molar-refractivity contribution >= 4 is 27.5 Å². The zero-order chi connectivity index (χ0) is 14.5. The molecule has 1 atom stereocenters. The molecule has 1 N–H and O–H groups in total. The molecule has 0 saturated carbocycles. The van der Waals surface area contributed by atoms with Crippen molar-refractivity contribution in [3.63, 3.8) is 0 Å². The number of benzene rings is 2. The van der Waals surface area contributed by atoms with Crippen LogP contribution in [0, 0.1) is 0 Å². The Balaban J connectivity index is 2.34. The smallest absolute Gasteiger partial charge is 0.120 e. The summed E-state index contributed by atoms with van der Waals surface area (Å²) < 4.78 is 6.53. The predicted octanol–water partition coefficient (Wildman–Crippen LogP) is 4.81. The van der Waals surface area contributed by atoms with Gasteiger partial charge in [-0.15, -0.1) is 0 Å². The van der Waals surface area contributed by atoms with Gasteiger partial charge in [-0.25, -0.2) is 0 Å². The number of nitrogens with one attached hydrogen (secondary N) is 1. The number of halogens is 2. The van der Waals surface area contributed by atoms with Gasteiger partial charge in [0.15, 0.2) is 0 Å². The van der Waals surface area contributed by atoms with Crippen LogP contribution in [0.2, 0.25) is 5.02 Å².